The highest BCUT2D eigenvalue weighted by Gasteiger charge is 2.45. The first-order valence-corrected chi connectivity index (χ1v) is 11.9. The minimum atomic E-state index is -4.57. The lowest BCUT2D eigenvalue weighted by Crippen LogP contribution is -2.56. The van der Waals surface area contributed by atoms with E-state index in [1.54, 1.807) is 39.0 Å². The third-order valence-electron chi connectivity index (χ3n) is 6.45. The molecule has 1 unspecified atom stereocenters. The quantitative estimate of drug-likeness (QED) is 0.226. The van der Waals surface area contributed by atoms with Gasteiger partial charge in [-0.2, -0.15) is 13.2 Å². The Hall–Kier alpha value is -2.63. The lowest BCUT2D eigenvalue weighted by molar-refractivity contribution is -0.176. The van der Waals surface area contributed by atoms with Crippen molar-refractivity contribution in [1.82, 2.24) is 20.5 Å². The summed E-state index contributed by atoms with van der Waals surface area (Å²) in [5, 5.41) is 6.11. The van der Waals surface area contributed by atoms with Crippen LogP contribution in [0.1, 0.15) is 37.9 Å². The van der Waals surface area contributed by atoms with Gasteiger partial charge in [0.05, 0.1) is 37.0 Å². The van der Waals surface area contributed by atoms with Crippen molar-refractivity contribution in [3.05, 3.63) is 52.5 Å². The van der Waals surface area contributed by atoms with Crippen molar-refractivity contribution in [2.45, 2.75) is 58.5 Å². The van der Waals surface area contributed by atoms with E-state index in [-0.39, 0.29) is 18.8 Å². The highest BCUT2D eigenvalue weighted by Crippen LogP contribution is 2.35. The molecule has 202 valence electrons. The molecule has 0 aromatic carbocycles. The smallest absolute Gasteiger partial charge is 0.406 e. The summed E-state index contributed by atoms with van der Waals surface area (Å²) in [4.78, 5) is 29.4. The Morgan fingerprint density at radius 3 is 2.58 bits per heavy atom. The van der Waals surface area contributed by atoms with Crippen LogP contribution < -0.4 is 20.9 Å². The maximum Gasteiger partial charge on any atom is 0.406 e. The van der Waals surface area contributed by atoms with Crippen LogP contribution in [-0.4, -0.2) is 67.6 Å². The lowest BCUT2D eigenvalue weighted by atomic mass is 9.76. The Bertz CT molecular complexity index is 971. The Morgan fingerprint density at radius 2 is 2.00 bits per heavy atom. The van der Waals surface area contributed by atoms with Gasteiger partial charge in [-0.3, -0.25) is 14.9 Å². The van der Waals surface area contributed by atoms with E-state index in [0.29, 0.717) is 42.9 Å². The Labute approximate surface area is 209 Å². The molecule has 0 aliphatic carbocycles. The van der Waals surface area contributed by atoms with Crippen LogP contribution in [0.3, 0.4) is 0 Å². The van der Waals surface area contributed by atoms with E-state index in [1.165, 1.54) is 13.2 Å². The van der Waals surface area contributed by atoms with E-state index in [2.05, 4.69) is 22.2 Å². The number of halogens is 3. The number of allylic oxidation sites excluding steroid dienone is 2. The lowest BCUT2D eigenvalue weighted by Gasteiger charge is -2.42. The summed E-state index contributed by atoms with van der Waals surface area (Å²) >= 11 is 0. The van der Waals surface area contributed by atoms with Crippen molar-refractivity contribution in [2.75, 3.05) is 33.5 Å². The Kier molecular flexibility index (Phi) is 10.7. The number of methoxy groups -OCH3 is 1. The van der Waals surface area contributed by atoms with Crippen LogP contribution in [0.2, 0.25) is 0 Å². The molecule has 1 amide bonds. The second-order valence-corrected chi connectivity index (χ2v) is 9.06. The predicted molar refractivity (Wildman–Crippen MR) is 132 cm³/mol. The average Bonchev–Trinajstić information content (AvgIpc) is 2.83. The fraction of sp³-hybridized carbons (Fsp3) is 0.600. The van der Waals surface area contributed by atoms with Crippen LogP contribution in [0.15, 0.2) is 35.7 Å². The van der Waals surface area contributed by atoms with Gasteiger partial charge in [0.15, 0.2) is 0 Å². The van der Waals surface area contributed by atoms with Gasteiger partial charge in [-0.25, -0.2) is 0 Å². The zero-order valence-corrected chi connectivity index (χ0v) is 21.3. The topological polar surface area (TPSA) is 95.7 Å². The second kappa shape index (κ2) is 13.1. The summed E-state index contributed by atoms with van der Waals surface area (Å²) in [6.07, 6.45) is 0.288. The zero-order chi connectivity index (χ0) is 26.9. The van der Waals surface area contributed by atoms with Crippen LogP contribution in [0.25, 0.3) is 0 Å². The number of rotatable bonds is 12. The molecule has 11 heteroatoms. The first kappa shape index (κ1) is 29.6. The summed E-state index contributed by atoms with van der Waals surface area (Å²) in [7, 11) is 1.46. The van der Waals surface area contributed by atoms with Crippen molar-refractivity contribution in [1.29, 1.82) is 0 Å². The van der Waals surface area contributed by atoms with Gasteiger partial charge in [0.2, 0.25) is 5.91 Å². The molecule has 1 saturated heterocycles. The summed E-state index contributed by atoms with van der Waals surface area (Å²) in [6.45, 7) is 8.31. The molecule has 0 radical (unpaired) electrons. The average molecular weight is 515 g/mol. The number of aryl methyl sites for hydroxylation is 1. The first-order valence-electron chi connectivity index (χ1n) is 11.9. The number of alkyl halides is 3. The number of piperidine rings is 1. The number of hydrogen-bond donors (Lipinski definition) is 3. The molecule has 1 fully saturated rings. The van der Waals surface area contributed by atoms with E-state index >= 15 is 0 Å². The van der Waals surface area contributed by atoms with Crippen molar-refractivity contribution < 1.29 is 27.4 Å². The van der Waals surface area contributed by atoms with Gasteiger partial charge in [0.25, 0.3) is 5.56 Å². The maximum absolute atomic E-state index is 13.6. The number of nitrogens with one attached hydrogen (secondary N) is 3. The molecule has 8 nitrogen and oxygen atoms in total. The summed E-state index contributed by atoms with van der Waals surface area (Å²) in [5.41, 5.74) is -0.311. The molecule has 36 heavy (non-hydrogen) atoms. The highest BCUT2D eigenvalue weighted by atomic mass is 19.4. The van der Waals surface area contributed by atoms with Crippen molar-refractivity contribution in [2.24, 2.45) is 5.41 Å². The number of ether oxygens (including phenoxy) is 2. The molecular weight excluding hydrogens is 477 g/mol. The molecule has 1 aliphatic heterocycles. The number of aromatic amines is 1. The van der Waals surface area contributed by atoms with Crippen LogP contribution in [0.5, 0.6) is 5.75 Å². The number of H-pyrrole nitrogens is 1. The fourth-order valence-electron chi connectivity index (χ4n) is 4.25. The molecule has 2 heterocycles. The summed E-state index contributed by atoms with van der Waals surface area (Å²) < 4.78 is 51.6. The molecule has 0 saturated carbocycles. The number of carbonyl (C=O) groups excluding carboxylic acids is 1. The minimum absolute atomic E-state index is 0.0402. The van der Waals surface area contributed by atoms with Gasteiger partial charge < -0.3 is 24.7 Å². The van der Waals surface area contributed by atoms with E-state index in [0.717, 1.165) is 4.90 Å². The molecule has 0 bridgehead atoms. The van der Waals surface area contributed by atoms with Crippen LogP contribution >= 0.6 is 0 Å². The van der Waals surface area contributed by atoms with Crippen molar-refractivity contribution in [3.63, 3.8) is 0 Å². The largest absolute Gasteiger partial charge is 0.496 e. The molecule has 2 atom stereocenters. The monoisotopic (exact) mass is 514 g/mol. The van der Waals surface area contributed by atoms with Gasteiger partial charge in [-0.15, -0.1) is 0 Å². The molecule has 1 aromatic heterocycles. The SMILES string of the molecule is C=C/C=C/C1(C(=O)N(CC(F)(F)F)[C@@H](C)C(C)OCNCc2c(OC)cc(C)[nH]c2=O)CCNCC1. The van der Waals surface area contributed by atoms with Gasteiger partial charge in [0, 0.05) is 12.2 Å². The fourth-order valence-corrected chi connectivity index (χ4v) is 4.25. The molecular formula is C25H37F3N4O4. The standard InChI is InChI=1S/C25H37F3N4O4/c1-6-7-8-24(9-11-29-12-10-24)23(34)32(15-25(26,27)28)18(3)19(4)36-16-30-14-20-21(35-5)13-17(2)31-22(20)33/h6-8,13,18-19,29-30H,1,9-12,14-16H2,2-5H3,(H,31,33)/b8-7+/t18-,19?/m0/s1. The number of amides is 1. The third-order valence-corrected chi connectivity index (χ3v) is 6.45. The predicted octanol–water partition coefficient (Wildman–Crippen LogP) is 3.04. The van der Waals surface area contributed by atoms with Gasteiger partial charge >= 0.3 is 6.18 Å². The van der Waals surface area contributed by atoms with Gasteiger partial charge in [-0.05, 0) is 52.8 Å². The molecule has 1 aliphatic rings. The Morgan fingerprint density at radius 1 is 1.33 bits per heavy atom. The number of carbonyl (C=O) groups is 1. The van der Waals surface area contributed by atoms with E-state index in [9.17, 15) is 22.8 Å². The van der Waals surface area contributed by atoms with E-state index in [1.807, 2.05) is 0 Å². The first-order chi connectivity index (χ1) is 16.9. The molecule has 1 aromatic rings. The second-order valence-electron chi connectivity index (χ2n) is 9.06. The minimum Gasteiger partial charge on any atom is -0.496 e. The number of pyridine rings is 1. The summed E-state index contributed by atoms with van der Waals surface area (Å²) in [6, 6.07) is 0.837. The molecule has 3 N–H and O–H groups in total. The van der Waals surface area contributed by atoms with Gasteiger partial charge in [-0.1, -0.05) is 24.8 Å². The number of nitrogens with zero attached hydrogens (tertiary/aromatic N) is 1. The Balaban J connectivity index is 2.12. The van der Waals surface area contributed by atoms with Gasteiger partial charge in [0.1, 0.15) is 12.3 Å². The van der Waals surface area contributed by atoms with E-state index < -0.39 is 36.2 Å². The molecule has 2 rings (SSSR count). The molecule has 0 spiro atoms. The maximum atomic E-state index is 13.6. The van der Waals surface area contributed by atoms with Crippen LogP contribution in [-0.2, 0) is 16.1 Å². The van der Waals surface area contributed by atoms with Crippen LogP contribution in [0.4, 0.5) is 13.2 Å². The number of hydrogen-bond acceptors (Lipinski definition) is 6. The van der Waals surface area contributed by atoms with Crippen LogP contribution in [0, 0.1) is 12.3 Å². The zero-order valence-electron chi connectivity index (χ0n) is 21.3. The normalized spacial score (nSPS) is 17.5. The van der Waals surface area contributed by atoms with E-state index in [4.69, 9.17) is 9.47 Å². The van der Waals surface area contributed by atoms with Crippen molar-refractivity contribution >= 4 is 5.91 Å². The summed E-state index contributed by atoms with van der Waals surface area (Å²) in [5.74, 6) is -0.154. The highest BCUT2D eigenvalue weighted by molar-refractivity contribution is 5.85. The number of aromatic nitrogens is 1. The van der Waals surface area contributed by atoms with Crippen molar-refractivity contribution in [3.8, 4) is 5.75 Å². The third kappa shape index (κ3) is 7.94.